The normalized spacial score (nSPS) is 12.2. The van der Waals surface area contributed by atoms with Crippen LogP contribution in [0.2, 0.25) is 0 Å². The number of amides is 1. The minimum absolute atomic E-state index is 0.0151. The zero-order chi connectivity index (χ0) is 17.0. The van der Waals surface area contributed by atoms with Crippen LogP contribution in [0.4, 0.5) is 0 Å². The average molecular weight is 352 g/mol. The summed E-state index contributed by atoms with van der Waals surface area (Å²) in [5.41, 5.74) is 3.29. The van der Waals surface area contributed by atoms with E-state index < -0.39 is 0 Å². The predicted molar refractivity (Wildman–Crippen MR) is 93.1 cm³/mol. The number of hydrogen-bond donors (Lipinski definition) is 1. The van der Waals surface area contributed by atoms with Crippen molar-refractivity contribution in [1.29, 1.82) is 0 Å². The number of carbonyl (C=O) groups excluding carboxylic acids is 1. The number of thiazole rings is 1. The van der Waals surface area contributed by atoms with Crippen LogP contribution in [-0.4, -0.2) is 44.6 Å². The number of likely N-dealkylation sites (N-methyl/N-ethyl adjacent to an activating group) is 1. The van der Waals surface area contributed by atoms with Gasteiger partial charge < -0.3 is 9.88 Å². The highest BCUT2D eigenvalue weighted by atomic mass is 32.2. The van der Waals surface area contributed by atoms with Crippen molar-refractivity contribution in [2.24, 2.45) is 0 Å². The third kappa shape index (κ3) is 4.90. The largest absolute Gasteiger partial charge is 0.344 e. The summed E-state index contributed by atoms with van der Waals surface area (Å²) in [4.78, 5) is 37.9. The van der Waals surface area contributed by atoms with Crippen LogP contribution in [0.15, 0.2) is 21.5 Å². The summed E-state index contributed by atoms with van der Waals surface area (Å²) in [5.74, 6) is 0.0151. The van der Waals surface area contributed by atoms with Gasteiger partial charge in [-0.3, -0.25) is 9.59 Å². The molecule has 1 N–H and O–H groups in total. The zero-order valence-electron chi connectivity index (χ0n) is 13.6. The van der Waals surface area contributed by atoms with Crippen molar-refractivity contribution in [1.82, 2.24) is 19.9 Å². The topological polar surface area (TPSA) is 79.0 Å². The van der Waals surface area contributed by atoms with Crippen LogP contribution in [0.1, 0.15) is 23.2 Å². The minimum atomic E-state index is -0.312. The highest BCUT2D eigenvalue weighted by molar-refractivity contribution is 8.00. The van der Waals surface area contributed by atoms with Crippen molar-refractivity contribution in [3.8, 4) is 0 Å². The fraction of sp³-hybridized carbons (Fsp3) is 0.467. The van der Waals surface area contributed by atoms with E-state index in [1.807, 2.05) is 19.4 Å². The Balaban J connectivity index is 1.93. The van der Waals surface area contributed by atoms with Gasteiger partial charge in [-0.2, -0.15) is 0 Å². The molecule has 0 fully saturated rings. The van der Waals surface area contributed by atoms with Crippen LogP contribution in [0.5, 0.6) is 0 Å². The number of thioether (sulfide) groups is 1. The lowest BCUT2D eigenvalue weighted by molar-refractivity contribution is -0.128. The second-order valence-electron chi connectivity index (χ2n) is 5.32. The molecule has 6 nitrogen and oxygen atoms in total. The van der Waals surface area contributed by atoms with Crippen LogP contribution < -0.4 is 5.56 Å². The van der Waals surface area contributed by atoms with Gasteiger partial charge >= 0.3 is 0 Å². The maximum Gasteiger partial charge on any atom is 0.251 e. The fourth-order valence-corrected chi connectivity index (χ4v) is 3.82. The van der Waals surface area contributed by atoms with E-state index in [4.69, 9.17) is 0 Å². The molecule has 1 atom stereocenters. The van der Waals surface area contributed by atoms with E-state index in [1.165, 1.54) is 22.7 Å². The van der Waals surface area contributed by atoms with Crippen LogP contribution in [0.25, 0.3) is 0 Å². The lowest BCUT2D eigenvalue weighted by Crippen LogP contribution is -2.34. The Labute approximate surface area is 143 Å². The summed E-state index contributed by atoms with van der Waals surface area (Å²) in [6.07, 6.45) is 0.801. The van der Waals surface area contributed by atoms with Crippen LogP contribution in [-0.2, 0) is 11.2 Å². The van der Waals surface area contributed by atoms with Gasteiger partial charge in [0.25, 0.3) is 5.56 Å². The van der Waals surface area contributed by atoms with Gasteiger partial charge in [0.1, 0.15) is 0 Å². The summed E-state index contributed by atoms with van der Waals surface area (Å²) >= 11 is 2.88. The van der Waals surface area contributed by atoms with E-state index in [9.17, 15) is 9.59 Å². The SMILES string of the molecule is Cc1cc(=O)[nH]c(SC(C)C(=O)N(C)CCc2scnc2C)n1. The highest BCUT2D eigenvalue weighted by Crippen LogP contribution is 2.20. The number of nitrogens with zero attached hydrogens (tertiary/aromatic N) is 3. The van der Waals surface area contributed by atoms with Crippen molar-refractivity contribution in [2.75, 3.05) is 13.6 Å². The number of nitrogens with one attached hydrogen (secondary N) is 1. The Morgan fingerprint density at radius 2 is 2.22 bits per heavy atom. The molecule has 23 heavy (non-hydrogen) atoms. The van der Waals surface area contributed by atoms with Gasteiger partial charge in [-0.1, -0.05) is 11.8 Å². The van der Waals surface area contributed by atoms with Crippen molar-refractivity contribution in [3.05, 3.63) is 38.2 Å². The van der Waals surface area contributed by atoms with Gasteiger partial charge in [-0.05, 0) is 20.8 Å². The first kappa shape index (κ1) is 17.7. The average Bonchev–Trinajstić information content (AvgIpc) is 2.88. The molecule has 1 unspecified atom stereocenters. The monoisotopic (exact) mass is 352 g/mol. The Hall–Kier alpha value is -1.67. The number of aromatic amines is 1. The standard InChI is InChI=1S/C15H20N4O2S2/c1-9-7-13(20)18-15(17-9)23-11(3)14(21)19(4)6-5-12-10(2)16-8-22-12/h7-8,11H,5-6H2,1-4H3,(H,17,18,20). The number of rotatable bonds is 6. The molecule has 0 aliphatic rings. The molecule has 2 aromatic rings. The fourth-order valence-electron chi connectivity index (χ4n) is 2.08. The van der Waals surface area contributed by atoms with Gasteiger partial charge in [-0.15, -0.1) is 11.3 Å². The Morgan fingerprint density at radius 3 is 2.83 bits per heavy atom. The molecular formula is C15H20N4O2S2. The van der Waals surface area contributed by atoms with Crippen LogP contribution in [0, 0.1) is 13.8 Å². The lowest BCUT2D eigenvalue weighted by Gasteiger charge is -2.20. The first-order valence-corrected chi connectivity index (χ1v) is 9.01. The van der Waals surface area contributed by atoms with Crippen molar-refractivity contribution in [2.45, 2.75) is 37.6 Å². The second-order valence-corrected chi connectivity index (χ2v) is 7.59. The molecule has 0 spiro atoms. The predicted octanol–water partition coefficient (Wildman–Crippen LogP) is 2.02. The lowest BCUT2D eigenvalue weighted by atomic mass is 10.3. The molecule has 0 saturated heterocycles. The minimum Gasteiger partial charge on any atom is -0.344 e. The Kier molecular flexibility index (Phi) is 5.95. The first-order chi connectivity index (χ1) is 10.9. The molecule has 124 valence electrons. The molecule has 0 radical (unpaired) electrons. The first-order valence-electron chi connectivity index (χ1n) is 7.25. The second kappa shape index (κ2) is 7.74. The number of aryl methyl sites for hydroxylation is 2. The quantitative estimate of drug-likeness (QED) is 0.636. The van der Waals surface area contributed by atoms with Crippen LogP contribution in [0.3, 0.4) is 0 Å². The molecule has 0 aliphatic heterocycles. The summed E-state index contributed by atoms with van der Waals surface area (Å²) in [5, 5.41) is 0.162. The maximum atomic E-state index is 12.4. The van der Waals surface area contributed by atoms with E-state index in [1.54, 1.807) is 30.2 Å². The molecule has 2 heterocycles. The molecule has 0 bridgehead atoms. The molecule has 2 rings (SSSR count). The van der Waals surface area contributed by atoms with E-state index in [2.05, 4.69) is 15.0 Å². The van der Waals surface area contributed by atoms with Gasteiger partial charge in [-0.25, -0.2) is 9.97 Å². The van der Waals surface area contributed by atoms with Crippen molar-refractivity contribution >= 4 is 29.0 Å². The summed E-state index contributed by atoms with van der Waals surface area (Å²) in [7, 11) is 1.79. The van der Waals surface area contributed by atoms with Gasteiger partial charge in [0.05, 0.1) is 16.5 Å². The van der Waals surface area contributed by atoms with Crippen molar-refractivity contribution < 1.29 is 4.79 Å². The van der Waals surface area contributed by atoms with Gasteiger partial charge in [0.2, 0.25) is 5.91 Å². The van der Waals surface area contributed by atoms with E-state index in [0.717, 1.165) is 12.1 Å². The molecule has 1 amide bonds. The number of carbonyl (C=O) groups is 1. The van der Waals surface area contributed by atoms with Gasteiger partial charge in [0.15, 0.2) is 5.16 Å². The zero-order valence-corrected chi connectivity index (χ0v) is 15.3. The number of H-pyrrole nitrogens is 1. The molecule has 0 saturated carbocycles. The summed E-state index contributed by atoms with van der Waals surface area (Å²) in [6, 6.07) is 1.43. The van der Waals surface area contributed by atoms with Crippen molar-refractivity contribution in [3.63, 3.8) is 0 Å². The van der Waals surface area contributed by atoms with Gasteiger partial charge in [0, 0.05) is 36.7 Å². The summed E-state index contributed by atoms with van der Waals surface area (Å²) in [6.45, 7) is 6.20. The summed E-state index contributed by atoms with van der Waals surface area (Å²) < 4.78 is 0. The Morgan fingerprint density at radius 1 is 1.48 bits per heavy atom. The van der Waals surface area contributed by atoms with E-state index in [-0.39, 0.29) is 16.7 Å². The third-order valence-corrected chi connectivity index (χ3v) is 5.35. The number of aromatic nitrogens is 3. The van der Waals surface area contributed by atoms with E-state index in [0.29, 0.717) is 17.4 Å². The third-order valence-electron chi connectivity index (χ3n) is 3.38. The molecule has 0 aromatic carbocycles. The molecule has 0 aliphatic carbocycles. The Bertz CT molecular complexity index is 741. The number of hydrogen-bond acceptors (Lipinski definition) is 6. The molecular weight excluding hydrogens is 332 g/mol. The molecule has 8 heteroatoms. The maximum absolute atomic E-state index is 12.4. The highest BCUT2D eigenvalue weighted by Gasteiger charge is 2.20. The van der Waals surface area contributed by atoms with E-state index >= 15 is 0 Å². The smallest absolute Gasteiger partial charge is 0.251 e. The van der Waals surface area contributed by atoms with Crippen LogP contribution >= 0.6 is 23.1 Å². The molecule has 2 aromatic heterocycles.